The van der Waals surface area contributed by atoms with Gasteiger partial charge in [-0.2, -0.15) is 5.10 Å². The van der Waals surface area contributed by atoms with Crippen LogP contribution in [0.2, 0.25) is 0 Å². The fraction of sp³-hybridized carbons (Fsp3) is 0.600. The Morgan fingerprint density at radius 3 is 2.38 bits per heavy atom. The Bertz CT molecular complexity index is 1300. The van der Waals surface area contributed by atoms with Gasteiger partial charge in [-0.15, -0.1) is 0 Å². The Balaban J connectivity index is 1.10. The second-order valence-corrected chi connectivity index (χ2v) is 13.7. The summed E-state index contributed by atoms with van der Waals surface area (Å²) < 4.78 is 25.9. The smallest absolute Gasteiger partial charge is 0.159 e. The summed E-state index contributed by atoms with van der Waals surface area (Å²) in [6.45, 7) is 4.08. The molecule has 8 nitrogen and oxygen atoms in total. The molecule has 0 bridgehead atoms. The first-order valence-electron chi connectivity index (χ1n) is 14.5. The average molecular weight is 679 g/mol. The molecule has 1 saturated heterocycles. The number of pyridine rings is 1. The van der Waals surface area contributed by atoms with Gasteiger partial charge < -0.3 is 23.8 Å². The molecule has 0 N–H and O–H groups in total. The first-order chi connectivity index (χ1) is 19.5. The molecule has 0 radical (unpaired) electrons. The van der Waals surface area contributed by atoms with E-state index in [1.165, 1.54) is 0 Å². The van der Waals surface area contributed by atoms with Crippen molar-refractivity contribution in [1.29, 1.82) is 0 Å². The third kappa shape index (κ3) is 6.28. The van der Waals surface area contributed by atoms with E-state index in [0.717, 1.165) is 98.2 Å². The van der Waals surface area contributed by atoms with E-state index >= 15 is 0 Å². The van der Waals surface area contributed by atoms with Crippen molar-refractivity contribution in [3.8, 4) is 17.0 Å². The molecule has 2 aromatic heterocycles. The molecular weight excluding hydrogens is 638 g/mol. The summed E-state index contributed by atoms with van der Waals surface area (Å²) in [7, 11) is 3.46. The van der Waals surface area contributed by atoms with Gasteiger partial charge in [0.1, 0.15) is 22.9 Å². The molecule has 3 aliphatic rings. The van der Waals surface area contributed by atoms with Crippen molar-refractivity contribution < 1.29 is 18.9 Å². The summed E-state index contributed by atoms with van der Waals surface area (Å²) in [5.41, 5.74) is 3.22. The number of halogens is 1. The van der Waals surface area contributed by atoms with Gasteiger partial charge in [0.05, 0.1) is 24.1 Å². The van der Waals surface area contributed by atoms with E-state index in [9.17, 15) is 0 Å². The van der Waals surface area contributed by atoms with Crippen LogP contribution in [0.25, 0.3) is 22.2 Å². The van der Waals surface area contributed by atoms with E-state index in [2.05, 4.69) is 68.6 Å². The van der Waals surface area contributed by atoms with Gasteiger partial charge >= 0.3 is 0 Å². The van der Waals surface area contributed by atoms with Crippen molar-refractivity contribution in [2.24, 2.45) is 5.92 Å². The van der Waals surface area contributed by atoms with Crippen molar-refractivity contribution in [2.45, 2.75) is 82.4 Å². The van der Waals surface area contributed by atoms with Gasteiger partial charge in [-0.05, 0) is 111 Å². The molecule has 3 aromatic rings. The van der Waals surface area contributed by atoms with Crippen LogP contribution < -0.4 is 9.64 Å². The van der Waals surface area contributed by atoms with Gasteiger partial charge in [0, 0.05) is 50.4 Å². The van der Waals surface area contributed by atoms with Crippen molar-refractivity contribution in [3.63, 3.8) is 0 Å². The van der Waals surface area contributed by atoms with E-state index in [-0.39, 0.29) is 11.9 Å². The summed E-state index contributed by atoms with van der Waals surface area (Å²) in [4.78, 5) is 7.15. The quantitative estimate of drug-likeness (QED) is 0.130. The molecule has 3 fully saturated rings. The molecule has 216 valence electrons. The van der Waals surface area contributed by atoms with Crippen molar-refractivity contribution in [3.05, 3.63) is 36.5 Å². The number of piperidine rings is 1. The molecular formula is C30H40IN4O4P. The summed E-state index contributed by atoms with van der Waals surface area (Å²) in [6, 6.07) is 10.7. The lowest BCUT2D eigenvalue weighted by Crippen LogP contribution is -2.40. The van der Waals surface area contributed by atoms with E-state index in [4.69, 9.17) is 29.0 Å². The standard InChI is InChI=1S/C30H40IN4O4P/c1-30(13-14-30)39-24-8-9-26-25(19-24)28(33-35(26)40-31)21-10-15-32-27(18-21)34-16-11-23(12-17-34)38-22-6-4-20(5-7-22)29(36-2)37-3/h8-10,15,18-20,22-23,29,40H,4-7,11-14,16-17H2,1-3H3/t20-,22-. The van der Waals surface area contributed by atoms with Crippen LogP contribution in [0.5, 0.6) is 5.75 Å². The summed E-state index contributed by atoms with van der Waals surface area (Å²) in [6.07, 6.45) is 11.7. The Kier molecular flexibility index (Phi) is 8.85. The zero-order chi connectivity index (χ0) is 27.7. The number of rotatable bonds is 10. The van der Waals surface area contributed by atoms with E-state index < -0.39 is 0 Å². The number of benzene rings is 1. The second kappa shape index (κ2) is 12.4. The predicted octanol–water partition coefficient (Wildman–Crippen LogP) is 6.98. The zero-order valence-electron chi connectivity index (χ0n) is 23.6. The van der Waals surface area contributed by atoms with Crippen molar-refractivity contribution in [1.82, 2.24) is 14.5 Å². The van der Waals surface area contributed by atoms with E-state index in [0.29, 0.717) is 24.5 Å². The monoisotopic (exact) mass is 678 g/mol. The van der Waals surface area contributed by atoms with E-state index in [1.54, 1.807) is 14.2 Å². The number of aromatic nitrogens is 3. The fourth-order valence-electron chi connectivity index (χ4n) is 6.21. The average Bonchev–Trinajstić information content (AvgIpc) is 3.60. The van der Waals surface area contributed by atoms with Crippen LogP contribution in [0.1, 0.15) is 58.3 Å². The van der Waals surface area contributed by atoms with Crippen LogP contribution in [0.4, 0.5) is 5.82 Å². The van der Waals surface area contributed by atoms with Crippen LogP contribution in [0, 0.1) is 5.92 Å². The molecule has 1 aliphatic heterocycles. The molecule has 0 spiro atoms. The predicted molar refractivity (Wildman–Crippen MR) is 169 cm³/mol. The maximum Gasteiger partial charge on any atom is 0.159 e. The lowest BCUT2D eigenvalue weighted by atomic mass is 9.86. The summed E-state index contributed by atoms with van der Waals surface area (Å²) in [5.74, 6) is 2.41. The summed E-state index contributed by atoms with van der Waals surface area (Å²) >= 11 is 2.40. The zero-order valence-corrected chi connectivity index (χ0v) is 26.8. The minimum Gasteiger partial charge on any atom is -0.488 e. The third-order valence-corrected chi connectivity index (χ3v) is 10.7. The lowest BCUT2D eigenvalue weighted by Gasteiger charge is -2.37. The first kappa shape index (κ1) is 28.6. The van der Waals surface area contributed by atoms with Gasteiger partial charge in [0.15, 0.2) is 6.29 Å². The highest BCUT2D eigenvalue weighted by Crippen LogP contribution is 2.42. The maximum atomic E-state index is 6.56. The number of nitrogens with zero attached hydrogens (tertiary/aromatic N) is 4. The highest BCUT2D eigenvalue weighted by molar-refractivity contribution is 14.2. The Morgan fingerprint density at radius 2 is 1.70 bits per heavy atom. The largest absolute Gasteiger partial charge is 0.488 e. The number of hydrogen-bond donors (Lipinski definition) is 0. The molecule has 0 amide bonds. The molecule has 10 heteroatoms. The number of hydrogen-bond acceptors (Lipinski definition) is 7. The normalized spacial score (nSPS) is 23.5. The molecule has 6 rings (SSSR count). The topological polar surface area (TPSA) is 70.9 Å². The molecule has 1 atom stereocenters. The highest BCUT2D eigenvalue weighted by atomic mass is 127. The molecule has 2 saturated carbocycles. The second-order valence-electron chi connectivity index (χ2n) is 11.7. The molecule has 2 aliphatic carbocycles. The Labute approximate surface area is 251 Å². The molecule has 1 unspecified atom stereocenters. The van der Waals surface area contributed by atoms with Crippen LogP contribution in [0.3, 0.4) is 0 Å². The minimum absolute atomic E-state index is 0.00891. The number of methoxy groups -OCH3 is 2. The van der Waals surface area contributed by atoms with E-state index in [1.807, 2.05) is 6.20 Å². The van der Waals surface area contributed by atoms with Gasteiger partial charge in [-0.1, -0.05) is 0 Å². The lowest BCUT2D eigenvalue weighted by molar-refractivity contribution is -0.153. The fourth-order valence-corrected chi connectivity index (χ4v) is 7.74. The van der Waals surface area contributed by atoms with Crippen LogP contribution >= 0.6 is 28.4 Å². The maximum absolute atomic E-state index is 6.56. The SMILES string of the molecule is COC(OC)[C@H]1CC[C@H](OC2CCN(c3cc(-c4nn(PI)c5ccc(OC6(C)CC6)cc45)ccn3)CC2)CC1. The number of fused-ring (bicyclic) bond motifs is 1. The van der Waals surface area contributed by atoms with Crippen molar-refractivity contribution in [2.75, 3.05) is 32.2 Å². The Morgan fingerprint density at radius 1 is 0.975 bits per heavy atom. The van der Waals surface area contributed by atoms with Gasteiger partial charge in [-0.25, -0.2) is 9.44 Å². The highest BCUT2D eigenvalue weighted by Gasteiger charge is 2.40. The third-order valence-electron chi connectivity index (χ3n) is 8.79. The van der Waals surface area contributed by atoms with Crippen LogP contribution in [0.15, 0.2) is 36.5 Å². The van der Waals surface area contributed by atoms with Crippen molar-refractivity contribution >= 4 is 45.1 Å². The first-order valence-corrected chi connectivity index (χ1v) is 18.6. The van der Waals surface area contributed by atoms with Gasteiger partial charge in [-0.3, -0.25) is 0 Å². The van der Waals surface area contributed by atoms with Crippen LogP contribution in [-0.2, 0) is 14.2 Å². The van der Waals surface area contributed by atoms with Crippen LogP contribution in [-0.4, -0.2) is 65.9 Å². The number of anilines is 1. The minimum atomic E-state index is -0.0947. The molecule has 40 heavy (non-hydrogen) atoms. The Hall–Kier alpha value is -1.52. The molecule has 1 aromatic carbocycles. The molecule has 3 heterocycles. The summed E-state index contributed by atoms with van der Waals surface area (Å²) in [5, 5.41) is 6.14. The van der Waals surface area contributed by atoms with Gasteiger partial charge in [0.25, 0.3) is 0 Å². The number of ether oxygens (including phenoxy) is 4. The van der Waals surface area contributed by atoms with Gasteiger partial charge in [0.2, 0.25) is 0 Å².